The first-order valence-electron chi connectivity index (χ1n) is 7.59. The zero-order chi connectivity index (χ0) is 17.0. The lowest BCUT2D eigenvalue weighted by Crippen LogP contribution is -2.18. The Labute approximate surface area is 134 Å². The number of rotatable bonds is 6. The maximum Gasteiger partial charge on any atom is 0.320 e. The molecule has 0 aliphatic carbocycles. The number of hydrogen-bond acceptors (Lipinski definition) is 4. The molecule has 1 N–H and O–H groups in total. The van der Waals surface area contributed by atoms with Gasteiger partial charge in [-0.15, -0.1) is 0 Å². The number of nitrogens with one attached hydrogen (secondary N) is 1. The van der Waals surface area contributed by atoms with Crippen molar-refractivity contribution in [2.24, 2.45) is 0 Å². The van der Waals surface area contributed by atoms with E-state index >= 15 is 0 Å². The van der Waals surface area contributed by atoms with Gasteiger partial charge in [-0.25, -0.2) is 0 Å². The van der Waals surface area contributed by atoms with Crippen molar-refractivity contribution in [2.75, 3.05) is 5.32 Å². The summed E-state index contributed by atoms with van der Waals surface area (Å²) in [5.41, 5.74) is 1.46. The Bertz CT molecular complexity index is 707. The number of amides is 1. The van der Waals surface area contributed by atoms with Gasteiger partial charge in [0.05, 0.1) is 4.92 Å². The second-order valence-corrected chi connectivity index (χ2v) is 5.34. The highest BCUT2D eigenvalue weighted by Crippen LogP contribution is 2.22. The predicted molar refractivity (Wildman–Crippen MR) is 87.7 cm³/mol. The van der Waals surface area contributed by atoms with Gasteiger partial charge in [0, 0.05) is 12.2 Å². The van der Waals surface area contributed by atoms with Crippen LogP contribution in [-0.4, -0.2) is 20.6 Å². The first-order chi connectivity index (χ1) is 11.0. The van der Waals surface area contributed by atoms with E-state index in [9.17, 15) is 14.9 Å². The first-order valence-corrected chi connectivity index (χ1v) is 7.59. The summed E-state index contributed by atoms with van der Waals surface area (Å²) in [6, 6.07) is 7.51. The van der Waals surface area contributed by atoms with E-state index in [2.05, 4.69) is 24.3 Å². The average molecular weight is 316 g/mol. The van der Waals surface area contributed by atoms with Gasteiger partial charge in [-0.05, 0) is 37.0 Å². The van der Waals surface area contributed by atoms with Gasteiger partial charge in [0.25, 0.3) is 5.91 Å². The van der Waals surface area contributed by atoms with E-state index in [0.717, 1.165) is 12.6 Å². The highest BCUT2D eigenvalue weighted by atomic mass is 16.6. The number of aromatic nitrogens is 2. The van der Waals surface area contributed by atoms with Crippen LogP contribution in [0.3, 0.4) is 0 Å². The van der Waals surface area contributed by atoms with Gasteiger partial charge in [0.15, 0.2) is 0 Å². The molecule has 1 atom stereocenters. The molecule has 7 heteroatoms. The maximum atomic E-state index is 12.4. The van der Waals surface area contributed by atoms with Gasteiger partial charge < -0.3 is 5.32 Å². The zero-order valence-corrected chi connectivity index (χ0v) is 13.4. The number of carbonyl (C=O) groups excluding carboxylic acids is 1. The summed E-state index contributed by atoms with van der Waals surface area (Å²) in [6.07, 6.45) is 2.14. The Hall–Kier alpha value is -2.70. The van der Waals surface area contributed by atoms with Crippen molar-refractivity contribution in [3.63, 3.8) is 0 Å². The molecule has 0 saturated carbocycles. The van der Waals surface area contributed by atoms with Gasteiger partial charge in [-0.2, -0.15) is 5.10 Å². The SMILES string of the molecule is CCC(C)c1ccc(NC(=O)c2c([N+](=O)[O-])cnn2CC)cc1. The summed E-state index contributed by atoms with van der Waals surface area (Å²) in [7, 11) is 0. The largest absolute Gasteiger partial charge is 0.320 e. The molecule has 0 fully saturated rings. The monoisotopic (exact) mass is 316 g/mol. The molecule has 0 radical (unpaired) electrons. The molecule has 122 valence electrons. The van der Waals surface area contributed by atoms with Crippen molar-refractivity contribution >= 4 is 17.3 Å². The van der Waals surface area contributed by atoms with Crippen LogP contribution in [-0.2, 0) is 6.54 Å². The fourth-order valence-electron chi connectivity index (χ4n) is 2.30. The zero-order valence-electron chi connectivity index (χ0n) is 13.4. The van der Waals surface area contributed by atoms with Gasteiger partial charge in [-0.3, -0.25) is 19.6 Å². The summed E-state index contributed by atoms with van der Waals surface area (Å²) >= 11 is 0. The van der Waals surface area contributed by atoms with Gasteiger partial charge >= 0.3 is 5.69 Å². The standard InChI is InChI=1S/C16H20N4O3/c1-4-11(3)12-6-8-13(9-7-12)18-16(21)15-14(20(22)23)10-17-19(15)5-2/h6-11H,4-5H2,1-3H3,(H,18,21). The number of nitro groups is 1. The Morgan fingerprint density at radius 2 is 2.00 bits per heavy atom. The molecule has 0 bridgehead atoms. The predicted octanol–water partition coefficient (Wildman–Crippen LogP) is 3.58. The van der Waals surface area contributed by atoms with Crippen LogP contribution in [0.1, 0.15) is 49.2 Å². The first kappa shape index (κ1) is 16.7. The van der Waals surface area contributed by atoms with E-state index in [1.54, 1.807) is 19.1 Å². The Morgan fingerprint density at radius 1 is 1.35 bits per heavy atom. The summed E-state index contributed by atoms with van der Waals surface area (Å²) in [4.78, 5) is 22.8. The van der Waals surface area contributed by atoms with Crippen LogP contribution in [0.4, 0.5) is 11.4 Å². The summed E-state index contributed by atoms with van der Waals surface area (Å²) in [6.45, 7) is 6.40. The van der Waals surface area contributed by atoms with Crippen LogP contribution in [0.15, 0.2) is 30.5 Å². The molecule has 1 amide bonds. The average Bonchev–Trinajstić information content (AvgIpc) is 2.99. The van der Waals surface area contributed by atoms with Crippen molar-refractivity contribution in [2.45, 2.75) is 39.7 Å². The number of benzene rings is 1. The van der Waals surface area contributed by atoms with E-state index in [4.69, 9.17) is 0 Å². The Kier molecular flexibility index (Phi) is 5.10. The molecule has 23 heavy (non-hydrogen) atoms. The lowest BCUT2D eigenvalue weighted by molar-refractivity contribution is -0.385. The van der Waals surface area contributed by atoms with Gasteiger partial charge in [0.2, 0.25) is 5.69 Å². The lowest BCUT2D eigenvalue weighted by atomic mass is 9.99. The normalized spacial score (nSPS) is 12.0. The number of carbonyl (C=O) groups is 1. The summed E-state index contributed by atoms with van der Waals surface area (Å²) in [5, 5.41) is 17.6. The van der Waals surface area contributed by atoms with Crippen molar-refractivity contribution in [3.05, 3.63) is 51.8 Å². The van der Waals surface area contributed by atoms with Crippen LogP contribution in [0.5, 0.6) is 0 Å². The van der Waals surface area contributed by atoms with Crippen LogP contribution >= 0.6 is 0 Å². The quantitative estimate of drug-likeness (QED) is 0.651. The molecular weight excluding hydrogens is 296 g/mol. The van der Waals surface area contributed by atoms with Crippen molar-refractivity contribution in [1.29, 1.82) is 0 Å². The number of anilines is 1. The number of nitrogens with zero attached hydrogens (tertiary/aromatic N) is 3. The topological polar surface area (TPSA) is 90.1 Å². The van der Waals surface area contributed by atoms with Gasteiger partial charge in [0.1, 0.15) is 6.20 Å². The molecule has 2 aromatic rings. The molecular formula is C16H20N4O3. The summed E-state index contributed by atoms with van der Waals surface area (Å²) in [5.74, 6) is -0.0882. The molecule has 0 aliphatic rings. The Balaban J connectivity index is 2.22. The molecule has 1 heterocycles. The van der Waals surface area contributed by atoms with E-state index in [-0.39, 0.29) is 11.4 Å². The molecule has 1 unspecified atom stereocenters. The smallest absolute Gasteiger partial charge is 0.320 e. The molecule has 1 aromatic carbocycles. The fraction of sp³-hybridized carbons (Fsp3) is 0.375. The van der Waals surface area contributed by atoms with Gasteiger partial charge in [-0.1, -0.05) is 26.0 Å². The lowest BCUT2D eigenvalue weighted by Gasteiger charge is -2.10. The minimum atomic E-state index is -0.597. The Morgan fingerprint density at radius 3 is 2.52 bits per heavy atom. The fourth-order valence-corrected chi connectivity index (χ4v) is 2.30. The van der Waals surface area contributed by atoms with Crippen LogP contribution < -0.4 is 5.32 Å². The minimum absolute atomic E-state index is 0.0384. The van der Waals surface area contributed by atoms with Crippen molar-refractivity contribution in [1.82, 2.24) is 9.78 Å². The molecule has 0 saturated heterocycles. The second-order valence-electron chi connectivity index (χ2n) is 5.34. The van der Waals surface area contributed by atoms with E-state index in [1.165, 1.54) is 10.2 Å². The highest BCUT2D eigenvalue weighted by molar-refractivity contribution is 6.05. The third-order valence-electron chi connectivity index (χ3n) is 3.88. The summed E-state index contributed by atoms with van der Waals surface area (Å²) < 4.78 is 1.32. The van der Waals surface area contributed by atoms with Crippen LogP contribution in [0.2, 0.25) is 0 Å². The maximum absolute atomic E-state index is 12.4. The molecule has 2 rings (SSSR count). The van der Waals surface area contributed by atoms with Crippen molar-refractivity contribution in [3.8, 4) is 0 Å². The third kappa shape index (κ3) is 3.56. The number of hydrogen-bond donors (Lipinski definition) is 1. The molecule has 0 aliphatic heterocycles. The second kappa shape index (κ2) is 7.04. The minimum Gasteiger partial charge on any atom is -0.320 e. The van der Waals surface area contributed by atoms with E-state index in [0.29, 0.717) is 18.2 Å². The third-order valence-corrected chi connectivity index (χ3v) is 3.88. The molecule has 0 spiro atoms. The molecule has 1 aromatic heterocycles. The van der Waals surface area contributed by atoms with E-state index < -0.39 is 10.8 Å². The van der Waals surface area contributed by atoms with E-state index in [1.807, 2.05) is 12.1 Å². The number of aryl methyl sites for hydroxylation is 1. The highest BCUT2D eigenvalue weighted by Gasteiger charge is 2.26. The van der Waals surface area contributed by atoms with Crippen LogP contribution in [0, 0.1) is 10.1 Å². The molecule has 7 nitrogen and oxygen atoms in total. The van der Waals surface area contributed by atoms with Crippen molar-refractivity contribution < 1.29 is 9.72 Å². The van der Waals surface area contributed by atoms with Crippen LogP contribution in [0.25, 0.3) is 0 Å².